The minimum absolute atomic E-state index is 0.258. The van der Waals surface area contributed by atoms with Crippen molar-refractivity contribution in [3.63, 3.8) is 0 Å². The van der Waals surface area contributed by atoms with Crippen molar-refractivity contribution < 1.29 is 14.2 Å². The number of halogens is 2. The molecule has 1 aliphatic rings. The van der Waals surface area contributed by atoms with Gasteiger partial charge in [0.2, 0.25) is 0 Å². The first-order valence-electron chi connectivity index (χ1n) is 6.40. The fourth-order valence-electron chi connectivity index (χ4n) is 2.84. The molecule has 0 heterocycles. The number of ether oxygens (including phenoxy) is 1. The molecule has 2 aromatic carbocycles. The monoisotopic (exact) mass is 292 g/mol. The number of aliphatic hydroxyl groups is 1. The summed E-state index contributed by atoms with van der Waals surface area (Å²) in [5.74, 6) is 0.161. The fourth-order valence-corrected chi connectivity index (χ4v) is 3.00. The Labute approximate surface area is 121 Å². The average Bonchev–Trinajstić information content (AvgIpc) is 2.76. The molecule has 0 saturated heterocycles. The maximum Gasteiger partial charge on any atom is 0.131 e. The van der Waals surface area contributed by atoms with Crippen LogP contribution in [0.2, 0.25) is 5.02 Å². The van der Waals surface area contributed by atoms with Gasteiger partial charge in [-0.05, 0) is 48.2 Å². The molecule has 4 heteroatoms. The van der Waals surface area contributed by atoms with E-state index in [0.29, 0.717) is 29.2 Å². The first kappa shape index (κ1) is 13.4. The molecule has 1 unspecified atom stereocenters. The highest BCUT2D eigenvalue weighted by molar-refractivity contribution is 6.30. The van der Waals surface area contributed by atoms with Crippen molar-refractivity contribution in [2.75, 3.05) is 7.11 Å². The lowest BCUT2D eigenvalue weighted by Gasteiger charge is -2.25. The van der Waals surface area contributed by atoms with E-state index in [1.54, 1.807) is 25.3 Å². The maximum absolute atomic E-state index is 14.1. The molecule has 0 aliphatic heterocycles. The van der Waals surface area contributed by atoms with Gasteiger partial charge in [-0.25, -0.2) is 4.39 Å². The van der Waals surface area contributed by atoms with Crippen molar-refractivity contribution in [1.29, 1.82) is 0 Å². The van der Waals surface area contributed by atoms with E-state index in [0.717, 1.165) is 5.56 Å². The van der Waals surface area contributed by atoms with Crippen LogP contribution >= 0.6 is 11.6 Å². The van der Waals surface area contributed by atoms with Crippen LogP contribution in [0.5, 0.6) is 5.75 Å². The number of fused-ring (bicyclic) bond motifs is 1. The standard InChI is InChI=1S/C16H14ClFO2/c1-20-12-4-2-10-6-7-16(19,14(10)9-12)13-5-3-11(17)8-15(13)18/h2-5,8-9,19H,6-7H2,1H3. The lowest BCUT2D eigenvalue weighted by molar-refractivity contribution is 0.0787. The second-order valence-electron chi connectivity index (χ2n) is 5.01. The van der Waals surface area contributed by atoms with E-state index in [1.807, 2.05) is 12.1 Å². The van der Waals surface area contributed by atoms with Gasteiger partial charge in [0.15, 0.2) is 0 Å². The Morgan fingerprint density at radius 2 is 2.00 bits per heavy atom. The van der Waals surface area contributed by atoms with E-state index in [9.17, 15) is 9.50 Å². The van der Waals surface area contributed by atoms with Gasteiger partial charge < -0.3 is 9.84 Å². The molecule has 0 spiro atoms. The Morgan fingerprint density at radius 3 is 2.70 bits per heavy atom. The number of hydrogen-bond acceptors (Lipinski definition) is 2. The second-order valence-corrected chi connectivity index (χ2v) is 5.44. The largest absolute Gasteiger partial charge is 0.497 e. The molecule has 0 fully saturated rings. The summed E-state index contributed by atoms with van der Waals surface area (Å²) in [4.78, 5) is 0. The predicted molar refractivity (Wildman–Crippen MR) is 75.7 cm³/mol. The van der Waals surface area contributed by atoms with Crippen molar-refractivity contribution in [3.8, 4) is 5.75 Å². The molecule has 2 nitrogen and oxygen atoms in total. The molecule has 0 saturated carbocycles. The number of benzene rings is 2. The fraction of sp³-hybridized carbons (Fsp3) is 0.250. The number of rotatable bonds is 2. The van der Waals surface area contributed by atoms with Crippen LogP contribution in [0.1, 0.15) is 23.1 Å². The van der Waals surface area contributed by atoms with E-state index < -0.39 is 11.4 Å². The normalized spacial score (nSPS) is 20.8. The Kier molecular flexibility index (Phi) is 3.19. The molecule has 0 aromatic heterocycles. The minimum atomic E-state index is -1.32. The van der Waals surface area contributed by atoms with Gasteiger partial charge in [-0.15, -0.1) is 0 Å². The van der Waals surface area contributed by atoms with Crippen molar-refractivity contribution in [1.82, 2.24) is 0 Å². The van der Waals surface area contributed by atoms with Gasteiger partial charge in [-0.2, -0.15) is 0 Å². The summed E-state index contributed by atoms with van der Waals surface area (Å²) in [5, 5.41) is 11.3. The van der Waals surface area contributed by atoms with Crippen molar-refractivity contribution in [3.05, 3.63) is 63.9 Å². The summed E-state index contributed by atoms with van der Waals surface area (Å²) in [6.45, 7) is 0. The molecule has 1 atom stereocenters. The zero-order valence-corrected chi connectivity index (χ0v) is 11.7. The number of hydrogen-bond donors (Lipinski definition) is 1. The zero-order chi connectivity index (χ0) is 14.3. The van der Waals surface area contributed by atoms with Crippen LogP contribution in [0.4, 0.5) is 4.39 Å². The molecule has 104 valence electrons. The van der Waals surface area contributed by atoms with Gasteiger partial charge in [0.05, 0.1) is 7.11 Å². The summed E-state index contributed by atoms with van der Waals surface area (Å²) in [5.41, 5.74) is 0.660. The van der Waals surface area contributed by atoms with E-state index in [4.69, 9.17) is 16.3 Å². The molecule has 1 aliphatic carbocycles. The summed E-state index contributed by atoms with van der Waals surface area (Å²) < 4.78 is 19.3. The Bertz CT molecular complexity index is 672. The van der Waals surface area contributed by atoms with Crippen molar-refractivity contribution >= 4 is 11.6 Å². The third-order valence-electron chi connectivity index (χ3n) is 3.90. The molecule has 0 radical (unpaired) electrons. The third-order valence-corrected chi connectivity index (χ3v) is 4.13. The first-order valence-corrected chi connectivity index (χ1v) is 6.78. The van der Waals surface area contributed by atoms with Gasteiger partial charge >= 0.3 is 0 Å². The van der Waals surface area contributed by atoms with Crippen LogP contribution < -0.4 is 4.74 Å². The van der Waals surface area contributed by atoms with Gasteiger partial charge in [0.25, 0.3) is 0 Å². The van der Waals surface area contributed by atoms with Gasteiger partial charge in [-0.1, -0.05) is 23.7 Å². The average molecular weight is 293 g/mol. The van der Waals surface area contributed by atoms with Gasteiger partial charge in [0.1, 0.15) is 17.2 Å². The molecule has 0 amide bonds. The Hall–Kier alpha value is -1.58. The lowest BCUT2D eigenvalue weighted by atomic mass is 9.87. The SMILES string of the molecule is COc1ccc2c(c1)C(O)(c1ccc(Cl)cc1F)CC2. The van der Waals surface area contributed by atoms with E-state index in [1.165, 1.54) is 6.07 Å². The highest BCUT2D eigenvalue weighted by atomic mass is 35.5. The van der Waals surface area contributed by atoms with E-state index in [2.05, 4.69) is 0 Å². The predicted octanol–water partition coefficient (Wildman–Crippen LogP) is 3.67. The minimum Gasteiger partial charge on any atom is -0.497 e. The molecule has 3 rings (SSSR count). The molecular weight excluding hydrogens is 279 g/mol. The quantitative estimate of drug-likeness (QED) is 0.915. The van der Waals surface area contributed by atoms with Crippen LogP contribution in [0.3, 0.4) is 0 Å². The Balaban J connectivity index is 2.16. The van der Waals surface area contributed by atoms with Gasteiger partial charge in [-0.3, -0.25) is 0 Å². The highest BCUT2D eigenvalue weighted by Gasteiger charge is 2.40. The van der Waals surface area contributed by atoms with Crippen LogP contribution in [-0.2, 0) is 12.0 Å². The Morgan fingerprint density at radius 1 is 1.20 bits per heavy atom. The summed E-state index contributed by atoms with van der Waals surface area (Å²) in [6.07, 6.45) is 1.16. The van der Waals surface area contributed by atoms with Gasteiger partial charge in [0, 0.05) is 10.6 Å². The number of methoxy groups -OCH3 is 1. The molecule has 2 aromatic rings. The zero-order valence-electron chi connectivity index (χ0n) is 11.0. The molecule has 1 N–H and O–H groups in total. The van der Waals surface area contributed by atoms with E-state index in [-0.39, 0.29) is 5.56 Å². The summed E-state index contributed by atoms with van der Waals surface area (Å²) in [7, 11) is 1.57. The topological polar surface area (TPSA) is 29.5 Å². The van der Waals surface area contributed by atoms with Crippen LogP contribution in [0.15, 0.2) is 36.4 Å². The molecule has 20 heavy (non-hydrogen) atoms. The van der Waals surface area contributed by atoms with Crippen LogP contribution in [0.25, 0.3) is 0 Å². The van der Waals surface area contributed by atoms with Crippen LogP contribution in [-0.4, -0.2) is 12.2 Å². The number of aryl methyl sites for hydroxylation is 1. The second kappa shape index (κ2) is 4.76. The van der Waals surface area contributed by atoms with Crippen molar-refractivity contribution in [2.45, 2.75) is 18.4 Å². The molecule has 0 bridgehead atoms. The van der Waals surface area contributed by atoms with Crippen molar-refractivity contribution in [2.24, 2.45) is 0 Å². The summed E-state index contributed by atoms with van der Waals surface area (Å²) >= 11 is 5.78. The molecular formula is C16H14ClFO2. The summed E-state index contributed by atoms with van der Waals surface area (Å²) in [6, 6.07) is 9.91. The smallest absolute Gasteiger partial charge is 0.131 e. The lowest BCUT2D eigenvalue weighted by Crippen LogP contribution is -2.25. The highest BCUT2D eigenvalue weighted by Crippen LogP contribution is 2.44. The van der Waals surface area contributed by atoms with Crippen LogP contribution in [0, 0.1) is 5.82 Å². The first-order chi connectivity index (χ1) is 9.54. The third kappa shape index (κ3) is 1.98. The maximum atomic E-state index is 14.1. The van der Waals surface area contributed by atoms with E-state index >= 15 is 0 Å².